The molecular formula is C12H19N3O2. The van der Waals surface area contributed by atoms with E-state index in [1.54, 1.807) is 4.68 Å². The number of nitrogens with one attached hydrogen (secondary N) is 1. The number of ether oxygens (including phenoxy) is 1. The van der Waals surface area contributed by atoms with Crippen LogP contribution in [-0.4, -0.2) is 27.8 Å². The fourth-order valence-corrected chi connectivity index (χ4v) is 1.89. The zero-order valence-electron chi connectivity index (χ0n) is 10.3. The van der Waals surface area contributed by atoms with Crippen molar-refractivity contribution in [2.75, 3.05) is 0 Å². The average molecular weight is 237 g/mol. The van der Waals surface area contributed by atoms with Gasteiger partial charge in [-0.25, -0.2) is 0 Å². The summed E-state index contributed by atoms with van der Waals surface area (Å²) in [5.74, 6) is 0.123. The lowest BCUT2D eigenvalue weighted by Crippen LogP contribution is -2.47. The minimum absolute atomic E-state index is 0.123. The first kappa shape index (κ1) is 12.1. The van der Waals surface area contributed by atoms with Gasteiger partial charge in [0.05, 0.1) is 18.4 Å². The molecule has 0 bridgehead atoms. The molecule has 0 atom stereocenters. The maximum Gasteiger partial charge on any atom is 0.219 e. The van der Waals surface area contributed by atoms with E-state index in [4.69, 9.17) is 4.74 Å². The van der Waals surface area contributed by atoms with E-state index >= 15 is 0 Å². The van der Waals surface area contributed by atoms with Crippen LogP contribution < -0.4 is 5.32 Å². The number of carbonyl (C=O) groups excluding carboxylic acids is 1. The standard InChI is InChI=1S/C12H19N3O2/c1-3-12(16)13-10-6-11(7-10)17-8-9-4-5-15(2)14-9/h4-5,10-11H,3,6-8H2,1-2H3,(H,13,16). The van der Waals surface area contributed by atoms with Gasteiger partial charge < -0.3 is 10.1 Å². The van der Waals surface area contributed by atoms with Crippen LogP contribution in [0.4, 0.5) is 0 Å². The van der Waals surface area contributed by atoms with Crippen molar-refractivity contribution in [2.45, 2.75) is 44.9 Å². The van der Waals surface area contributed by atoms with Crippen LogP contribution in [0.25, 0.3) is 0 Å². The van der Waals surface area contributed by atoms with E-state index in [2.05, 4.69) is 10.4 Å². The Morgan fingerprint density at radius 3 is 3.00 bits per heavy atom. The molecule has 0 aromatic carbocycles. The van der Waals surface area contributed by atoms with Gasteiger partial charge in [-0.05, 0) is 18.9 Å². The molecule has 1 aliphatic carbocycles. The second kappa shape index (κ2) is 5.31. The molecule has 1 aromatic heterocycles. The Morgan fingerprint density at radius 1 is 1.65 bits per heavy atom. The summed E-state index contributed by atoms with van der Waals surface area (Å²) in [4.78, 5) is 11.1. The zero-order valence-corrected chi connectivity index (χ0v) is 10.3. The molecule has 1 saturated carbocycles. The minimum Gasteiger partial charge on any atom is -0.372 e. The fourth-order valence-electron chi connectivity index (χ4n) is 1.89. The number of aromatic nitrogens is 2. The number of carbonyl (C=O) groups is 1. The Hall–Kier alpha value is -1.36. The molecule has 1 heterocycles. The molecule has 0 radical (unpaired) electrons. The van der Waals surface area contributed by atoms with Crippen molar-refractivity contribution >= 4 is 5.91 Å². The molecule has 94 valence electrons. The van der Waals surface area contributed by atoms with Gasteiger partial charge in [-0.1, -0.05) is 6.92 Å². The second-order valence-electron chi connectivity index (χ2n) is 4.50. The zero-order chi connectivity index (χ0) is 12.3. The number of hydrogen-bond acceptors (Lipinski definition) is 3. The van der Waals surface area contributed by atoms with Crippen molar-refractivity contribution in [3.05, 3.63) is 18.0 Å². The lowest BCUT2D eigenvalue weighted by atomic mass is 9.89. The van der Waals surface area contributed by atoms with Crippen LogP contribution >= 0.6 is 0 Å². The molecule has 0 saturated heterocycles. The van der Waals surface area contributed by atoms with E-state index in [1.807, 2.05) is 26.2 Å². The molecule has 1 aliphatic rings. The summed E-state index contributed by atoms with van der Waals surface area (Å²) in [5, 5.41) is 7.20. The van der Waals surface area contributed by atoms with E-state index < -0.39 is 0 Å². The smallest absolute Gasteiger partial charge is 0.219 e. The lowest BCUT2D eigenvalue weighted by Gasteiger charge is -2.35. The van der Waals surface area contributed by atoms with Gasteiger partial charge in [0.1, 0.15) is 0 Å². The summed E-state index contributed by atoms with van der Waals surface area (Å²) < 4.78 is 7.46. The Balaban J connectivity index is 1.63. The Morgan fingerprint density at radius 2 is 2.41 bits per heavy atom. The van der Waals surface area contributed by atoms with Gasteiger partial charge >= 0.3 is 0 Å². The lowest BCUT2D eigenvalue weighted by molar-refractivity contribution is -0.123. The predicted molar refractivity (Wildman–Crippen MR) is 63.2 cm³/mol. The summed E-state index contributed by atoms with van der Waals surface area (Å²) in [6.45, 7) is 2.42. The summed E-state index contributed by atoms with van der Waals surface area (Å²) in [7, 11) is 1.89. The van der Waals surface area contributed by atoms with Gasteiger partial charge in [0.2, 0.25) is 5.91 Å². The molecule has 1 N–H and O–H groups in total. The Kier molecular flexibility index (Phi) is 3.78. The van der Waals surface area contributed by atoms with Gasteiger partial charge in [-0.3, -0.25) is 9.48 Å². The predicted octanol–water partition coefficient (Wildman–Crippen LogP) is 0.994. The van der Waals surface area contributed by atoms with E-state index in [0.717, 1.165) is 18.5 Å². The number of amides is 1. The van der Waals surface area contributed by atoms with Crippen LogP contribution in [0, 0.1) is 0 Å². The van der Waals surface area contributed by atoms with Crippen LogP contribution in [0.1, 0.15) is 31.9 Å². The monoisotopic (exact) mass is 237 g/mol. The molecule has 17 heavy (non-hydrogen) atoms. The minimum atomic E-state index is 0.123. The third-order valence-electron chi connectivity index (χ3n) is 3.02. The van der Waals surface area contributed by atoms with Crippen molar-refractivity contribution < 1.29 is 9.53 Å². The van der Waals surface area contributed by atoms with Crippen LogP contribution in [0.2, 0.25) is 0 Å². The van der Waals surface area contributed by atoms with E-state index in [-0.39, 0.29) is 12.0 Å². The van der Waals surface area contributed by atoms with Crippen molar-refractivity contribution in [2.24, 2.45) is 7.05 Å². The third-order valence-corrected chi connectivity index (χ3v) is 3.02. The number of aryl methyl sites for hydroxylation is 1. The van der Waals surface area contributed by atoms with Crippen LogP contribution in [0.15, 0.2) is 12.3 Å². The maximum atomic E-state index is 11.1. The van der Waals surface area contributed by atoms with E-state index in [0.29, 0.717) is 19.1 Å². The molecule has 0 unspecified atom stereocenters. The average Bonchev–Trinajstić information content (AvgIpc) is 2.67. The first-order valence-electron chi connectivity index (χ1n) is 6.07. The topological polar surface area (TPSA) is 56.1 Å². The summed E-state index contributed by atoms with van der Waals surface area (Å²) >= 11 is 0. The highest BCUT2D eigenvalue weighted by Crippen LogP contribution is 2.24. The molecule has 0 aliphatic heterocycles. The van der Waals surface area contributed by atoms with Crippen molar-refractivity contribution in [1.82, 2.24) is 15.1 Å². The van der Waals surface area contributed by atoms with Crippen molar-refractivity contribution in [3.8, 4) is 0 Å². The van der Waals surface area contributed by atoms with Crippen molar-refractivity contribution in [3.63, 3.8) is 0 Å². The van der Waals surface area contributed by atoms with Gasteiger partial charge in [-0.2, -0.15) is 5.10 Å². The first-order chi connectivity index (χ1) is 8.17. The molecule has 1 fully saturated rings. The highest BCUT2D eigenvalue weighted by Gasteiger charge is 2.30. The second-order valence-corrected chi connectivity index (χ2v) is 4.50. The molecule has 1 aromatic rings. The number of hydrogen-bond donors (Lipinski definition) is 1. The molecule has 1 amide bonds. The van der Waals surface area contributed by atoms with E-state index in [1.165, 1.54) is 0 Å². The van der Waals surface area contributed by atoms with Crippen LogP contribution in [0.3, 0.4) is 0 Å². The van der Waals surface area contributed by atoms with Gasteiger partial charge in [0, 0.05) is 25.7 Å². The maximum absolute atomic E-state index is 11.1. The number of rotatable bonds is 5. The molecule has 2 rings (SSSR count). The Labute approximate surface area is 101 Å². The third kappa shape index (κ3) is 3.30. The normalized spacial score (nSPS) is 23.2. The first-order valence-corrected chi connectivity index (χ1v) is 6.07. The molecule has 5 nitrogen and oxygen atoms in total. The van der Waals surface area contributed by atoms with Crippen LogP contribution in [0.5, 0.6) is 0 Å². The SMILES string of the molecule is CCC(=O)NC1CC(OCc2ccn(C)n2)C1. The summed E-state index contributed by atoms with van der Waals surface area (Å²) in [6.07, 6.45) is 4.55. The molecule has 5 heteroatoms. The van der Waals surface area contributed by atoms with Crippen molar-refractivity contribution in [1.29, 1.82) is 0 Å². The summed E-state index contributed by atoms with van der Waals surface area (Å²) in [5.41, 5.74) is 0.952. The van der Waals surface area contributed by atoms with Gasteiger partial charge in [-0.15, -0.1) is 0 Å². The molecular weight excluding hydrogens is 218 g/mol. The highest BCUT2D eigenvalue weighted by molar-refractivity contribution is 5.75. The summed E-state index contributed by atoms with van der Waals surface area (Å²) in [6, 6.07) is 2.26. The van der Waals surface area contributed by atoms with Crippen LogP contribution in [-0.2, 0) is 23.2 Å². The fraction of sp³-hybridized carbons (Fsp3) is 0.667. The number of nitrogens with zero attached hydrogens (tertiary/aromatic N) is 2. The van der Waals surface area contributed by atoms with Gasteiger partial charge in [0.15, 0.2) is 0 Å². The molecule has 0 spiro atoms. The van der Waals surface area contributed by atoms with E-state index in [9.17, 15) is 4.79 Å². The van der Waals surface area contributed by atoms with Gasteiger partial charge in [0.25, 0.3) is 0 Å². The Bertz CT molecular complexity index is 383. The highest BCUT2D eigenvalue weighted by atomic mass is 16.5. The largest absolute Gasteiger partial charge is 0.372 e. The quantitative estimate of drug-likeness (QED) is 0.831.